The predicted molar refractivity (Wildman–Crippen MR) is 172 cm³/mol. The van der Waals surface area contributed by atoms with Crippen LogP contribution in [0.1, 0.15) is 51.1 Å². The summed E-state index contributed by atoms with van der Waals surface area (Å²) in [4.78, 5) is 43.9. The first-order valence-corrected chi connectivity index (χ1v) is 15.0. The second kappa shape index (κ2) is 14.2. The second-order valence-corrected chi connectivity index (χ2v) is 11.1. The van der Waals surface area contributed by atoms with Gasteiger partial charge < -0.3 is 20.4 Å². The number of halogens is 2. The zero-order valence-corrected chi connectivity index (χ0v) is 25.2. The van der Waals surface area contributed by atoms with Crippen LogP contribution in [0, 0.1) is 5.82 Å². The van der Waals surface area contributed by atoms with Crippen molar-refractivity contribution in [1.82, 2.24) is 10.2 Å². The summed E-state index contributed by atoms with van der Waals surface area (Å²) in [6, 6.07) is 27.5. The van der Waals surface area contributed by atoms with E-state index in [1.807, 2.05) is 48.2 Å². The summed E-state index contributed by atoms with van der Waals surface area (Å²) in [5.74, 6) is -1.10. The monoisotopic (exact) mass is 612 g/mol. The van der Waals surface area contributed by atoms with Crippen LogP contribution >= 0.6 is 11.6 Å². The molecule has 1 atom stereocenters. The number of carbonyl (C=O) groups excluding carboxylic acids is 3. The summed E-state index contributed by atoms with van der Waals surface area (Å²) in [7, 11) is 0. The molecule has 0 unspecified atom stereocenters. The third kappa shape index (κ3) is 7.44. The Morgan fingerprint density at radius 1 is 0.841 bits per heavy atom. The Bertz CT molecular complexity index is 1610. The van der Waals surface area contributed by atoms with Gasteiger partial charge in [-0.15, -0.1) is 0 Å². The summed E-state index contributed by atoms with van der Waals surface area (Å²) in [6.45, 7) is 4.37. The fraction of sp³-hybridized carbons (Fsp3) is 0.229. The summed E-state index contributed by atoms with van der Waals surface area (Å²) in [5.41, 5.74) is 3.75. The fourth-order valence-corrected chi connectivity index (χ4v) is 5.51. The average molecular weight is 613 g/mol. The molecule has 1 fully saturated rings. The van der Waals surface area contributed by atoms with Crippen molar-refractivity contribution in [3.63, 3.8) is 0 Å². The van der Waals surface area contributed by atoms with Gasteiger partial charge in [0.2, 0.25) is 5.91 Å². The number of piperazine rings is 1. The molecule has 0 aromatic heterocycles. The van der Waals surface area contributed by atoms with Gasteiger partial charge in [-0.3, -0.25) is 14.4 Å². The van der Waals surface area contributed by atoms with Crippen LogP contribution in [0.5, 0.6) is 0 Å². The molecule has 0 saturated carbocycles. The van der Waals surface area contributed by atoms with Gasteiger partial charge in [0.1, 0.15) is 5.82 Å². The number of nitrogens with one attached hydrogen (secondary N) is 2. The Kier molecular flexibility index (Phi) is 9.92. The van der Waals surface area contributed by atoms with Crippen LogP contribution in [0.15, 0.2) is 97.1 Å². The number of nitrogens with zero attached hydrogens (tertiary/aromatic N) is 2. The van der Waals surface area contributed by atoms with Crippen LogP contribution < -0.4 is 15.5 Å². The zero-order chi connectivity index (χ0) is 31.1. The van der Waals surface area contributed by atoms with Crippen molar-refractivity contribution < 1.29 is 18.8 Å². The van der Waals surface area contributed by atoms with Crippen LogP contribution in [0.2, 0.25) is 5.02 Å². The van der Waals surface area contributed by atoms with E-state index in [1.165, 1.54) is 12.1 Å². The van der Waals surface area contributed by atoms with Crippen LogP contribution in [-0.2, 0) is 11.3 Å². The molecule has 0 bridgehead atoms. The standard InChI is InChI=1S/C35H34ClFN4O3/c1-2-30(25-6-4-3-5-7-25)35(44)41-20-18-40(19-21-41)32-17-16-29(39-33(42)26-10-12-27(36)13-11-26)22-31(32)34(43)38-23-24-8-14-28(37)15-9-24/h3-17,22,30H,2,18-21,23H2,1H3,(H,38,43)(H,39,42)/t30-/m0/s1. The number of benzene rings is 4. The smallest absolute Gasteiger partial charge is 0.255 e. The summed E-state index contributed by atoms with van der Waals surface area (Å²) in [5, 5.41) is 6.31. The number of carbonyl (C=O) groups is 3. The molecule has 1 heterocycles. The number of hydrogen-bond donors (Lipinski definition) is 2. The topological polar surface area (TPSA) is 81.8 Å². The highest BCUT2D eigenvalue weighted by molar-refractivity contribution is 6.30. The van der Waals surface area contributed by atoms with Gasteiger partial charge in [0.15, 0.2) is 0 Å². The molecule has 5 rings (SSSR count). The number of rotatable bonds is 9. The van der Waals surface area contributed by atoms with E-state index in [0.29, 0.717) is 60.1 Å². The summed E-state index contributed by atoms with van der Waals surface area (Å²) in [6.07, 6.45) is 0.713. The molecule has 0 spiro atoms. The maximum atomic E-state index is 13.5. The molecule has 44 heavy (non-hydrogen) atoms. The largest absolute Gasteiger partial charge is 0.367 e. The van der Waals surface area contributed by atoms with Gasteiger partial charge in [-0.1, -0.05) is 61.0 Å². The van der Waals surface area contributed by atoms with Gasteiger partial charge in [-0.2, -0.15) is 0 Å². The van der Waals surface area contributed by atoms with Gasteiger partial charge in [-0.25, -0.2) is 4.39 Å². The van der Waals surface area contributed by atoms with E-state index in [-0.39, 0.29) is 36.0 Å². The summed E-state index contributed by atoms with van der Waals surface area (Å²) >= 11 is 5.96. The molecule has 1 aliphatic heterocycles. The van der Waals surface area contributed by atoms with E-state index >= 15 is 0 Å². The molecule has 226 valence electrons. The lowest BCUT2D eigenvalue weighted by Gasteiger charge is -2.38. The maximum absolute atomic E-state index is 13.5. The SMILES string of the molecule is CC[C@H](C(=O)N1CCN(c2ccc(NC(=O)c3ccc(Cl)cc3)cc2C(=O)NCc2ccc(F)cc2)CC1)c1ccccc1. The highest BCUT2D eigenvalue weighted by atomic mass is 35.5. The van der Waals surface area contributed by atoms with E-state index in [2.05, 4.69) is 15.5 Å². The molecule has 1 aliphatic rings. The van der Waals surface area contributed by atoms with Gasteiger partial charge in [0, 0.05) is 54.7 Å². The first-order valence-electron chi connectivity index (χ1n) is 14.6. The van der Waals surface area contributed by atoms with Crippen molar-refractivity contribution in [1.29, 1.82) is 0 Å². The van der Waals surface area contributed by atoms with E-state index in [0.717, 1.165) is 11.1 Å². The fourth-order valence-electron chi connectivity index (χ4n) is 5.38. The molecule has 2 N–H and O–H groups in total. The average Bonchev–Trinajstić information content (AvgIpc) is 3.05. The van der Waals surface area contributed by atoms with Crippen molar-refractivity contribution in [2.24, 2.45) is 0 Å². The second-order valence-electron chi connectivity index (χ2n) is 10.7. The minimum atomic E-state index is -0.349. The molecule has 7 nitrogen and oxygen atoms in total. The Morgan fingerprint density at radius 3 is 2.18 bits per heavy atom. The third-order valence-electron chi connectivity index (χ3n) is 7.81. The molecule has 0 radical (unpaired) electrons. The number of hydrogen-bond acceptors (Lipinski definition) is 4. The molecular formula is C35H34ClFN4O3. The molecule has 4 aromatic rings. The Hall–Kier alpha value is -4.69. The lowest BCUT2D eigenvalue weighted by Crippen LogP contribution is -2.50. The lowest BCUT2D eigenvalue weighted by atomic mass is 9.94. The van der Waals surface area contributed by atoms with Gasteiger partial charge in [-0.05, 0) is 72.1 Å². The van der Waals surface area contributed by atoms with E-state index in [1.54, 1.807) is 48.5 Å². The van der Waals surface area contributed by atoms with Crippen LogP contribution in [-0.4, -0.2) is 48.8 Å². The van der Waals surface area contributed by atoms with Crippen molar-refractivity contribution in [2.75, 3.05) is 36.4 Å². The molecule has 3 amide bonds. The van der Waals surface area contributed by atoms with E-state index in [4.69, 9.17) is 11.6 Å². The first-order chi connectivity index (χ1) is 21.3. The Labute approximate surface area is 261 Å². The van der Waals surface area contributed by atoms with Crippen LogP contribution in [0.3, 0.4) is 0 Å². The highest BCUT2D eigenvalue weighted by Crippen LogP contribution is 2.28. The lowest BCUT2D eigenvalue weighted by molar-refractivity contribution is -0.133. The molecule has 1 saturated heterocycles. The van der Waals surface area contributed by atoms with Gasteiger partial charge in [0.25, 0.3) is 11.8 Å². The first kappa shape index (κ1) is 30.8. The van der Waals surface area contributed by atoms with Crippen molar-refractivity contribution >= 4 is 40.7 Å². The third-order valence-corrected chi connectivity index (χ3v) is 8.06. The zero-order valence-electron chi connectivity index (χ0n) is 24.4. The molecular weight excluding hydrogens is 579 g/mol. The Balaban J connectivity index is 1.33. The van der Waals surface area contributed by atoms with Crippen LogP contribution in [0.4, 0.5) is 15.8 Å². The normalized spacial score (nSPS) is 13.7. The Morgan fingerprint density at radius 2 is 1.52 bits per heavy atom. The minimum absolute atomic E-state index is 0.107. The molecule has 4 aromatic carbocycles. The van der Waals surface area contributed by atoms with Crippen LogP contribution in [0.25, 0.3) is 0 Å². The quantitative estimate of drug-likeness (QED) is 0.226. The van der Waals surface area contributed by atoms with E-state index in [9.17, 15) is 18.8 Å². The van der Waals surface area contributed by atoms with Crippen molar-refractivity contribution in [3.05, 3.63) is 130 Å². The van der Waals surface area contributed by atoms with Gasteiger partial charge in [0.05, 0.1) is 11.5 Å². The van der Waals surface area contributed by atoms with Gasteiger partial charge >= 0.3 is 0 Å². The summed E-state index contributed by atoms with van der Waals surface area (Å²) < 4.78 is 13.4. The molecule has 0 aliphatic carbocycles. The minimum Gasteiger partial charge on any atom is -0.367 e. The predicted octanol–water partition coefficient (Wildman–Crippen LogP) is 6.50. The highest BCUT2D eigenvalue weighted by Gasteiger charge is 2.29. The molecule has 9 heteroatoms. The maximum Gasteiger partial charge on any atom is 0.255 e. The van der Waals surface area contributed by atoms with Crippen molar-refractivity contribution in [2.45, 2.75) is 25.8 Å². The van der Waals surface area contributed by atoms with Crippen molar-refractivity contribution in [3.8, 4) is 0 Å². The number of anilines is 2. The van der Waals surface area contributed by atoms with E-state index < -0.39 is 0 Å². The number of amides is 3.